The minimum absolute atomic E-state index is 0.0702. The van der Waals surface area contributed by atoms with Crippen molar-refractivity contribution in [1.82, 2.24) is 9.80 Å². The zero-order valence-electron chi connectivity index (χ0n) is 12.6. The standard InChI is InChI=1S/C15H25N3O/c1-12(2)13-6-8-14(9-7-13)16-15(19)18(5)11-10-17(3)4/h6-9,12H,10-11H2,1-5H3,(H,16,19). The van der Waals surface area contributed by atoms with Gasteiger partial charge in [0, 0.05) is 25.8 Å². The number of nitrogens with one attached hydrogen (secondary N) is 1. The van der Waals surface area contributed by atoms with Crippen molar-refractivity contribution in [1.29, 1.82) is 0 Å². The molecule has 19 heavy (non-hydrogen) atoms. The molecule has 0 aromatic heterocycles. The number of hydrogen-bond acceptors (Lipinski definition) is 2. The first-order valence-electron chi connectivity index (χ1n) is 6.67. The van der Waals surface area contributed by atoms with Crippen molar-refractivity contribution < 1.29 is 4.79 Å². The van der Waals surface area contributed by atoms with E-state index in [9.17, 15) is 4.79 Å². The van der Waals surface area contributed by atoms with E-state index < -0.39 is 0 Å². The Morgan fingerprint density at radius 1 is 1.11 bits per heavy atom. The third kappa shape index (κ3) is 5.30. The van der Waals surface area contributed by atoms with Gasteiger partial charge in [-0.15, -0.1) is 0 Å². The molecule has 0 saturated heterocycles. The van der Waals surface area contributed by atoms with Crippen molar-refractivity contribution in [2.45, 2.75) is 19.8 Å². The summed E-state index contributed by atoms with van der Waals surface area (Å²) in [6, 6.07) is 7.94. The van der Waals surface area contributed by atoms with E-state index >= 15 is 0 Å². The summed E-state index contributed by atoms with van der Waals surface area (Å²) in [4.78, 5) is 15.7. The van der Waals surface area contributed by atoms with Gasteiger partial charge >= 0.3 is 6.03 Å². The normalized spacial score (nSPS) is 10.9. The molecule has 1 N–H and O–H groups in total. The second-order valence-electron chi connectivity index (χ2n) is 5.43. The van der Waals surface area contributed by atoms with Crippen molar-refractivity contribution in [3.8, 4) is 0 Å². The van der Waals surface area contributed by atoms with Gasteiger partial charge in [0.1, 0.15) is 0 Å². The predicted octanol–water partition coefficient (Wildman–Crippen LogP) is 2.84. The summed E-state index contributed by atoms with van der Waals surface area (Å²) >= 11 is 0. The highest BCUT2D eigenvalue weighted by molar-refractivity contribution is 5.89. The molecule has 0 aliphatic heterocycles. The molecule has 106 valence electrons. The fourth-order valence-electron chi connectivity index (χ4n) is 1.62. The summed E-state index contributed by atoms with van der Waals surface area (Å²) in [6.07, 6.45) is 0. The van der Waals surface area contributed by atoms with E-state index in [0.717, 1.165) is 12.2 Å². The Kier molecular flexibility index (Phi) is 5.83. The van der Waals surface area contributed by atoms with E-state index in [4.69, 9.17) is 0 Å². The number of hydrogen-bond donors (Lipinski definition) is 1. The van der Waals surface area contributed by atoms with Crippen LogP contribution in [0.4, 0.5) is 10.5 Å². The van der Waals surface area contributed by atoms with E-state index in [0.29, 0.717) is 12.5 Å². The molecule has 4 heteroatoms. The van der Waals surface area contributed by atoms with Gasteiger partial charge in [-0.2, -0.15) is 0 Å². The molecule has 1 rings (SSSR count). The third-order valence-electron chi connectivity index (χ3n) is 3.06. The number of anilines is 1. The molecule has 0 atom stereocenters. The first-order valence-corrected chi connectivity index (χ1v) is 6.67. The largest absolute Gasteiger partial charge is 0.326 e. The molecule has 0 bridgehead atoms. The van der Waals surface area contributed by atoms with Crippen LogP contribution in [-0.4, -0.2) is 50.1 Å². The van der Waals surface area contributed by atoms with Crippen LogP contribution in [0.15, 0.2) is 24.3 Å². The SMILES string of the molecule is CC(C)c1ccc(NC(=O)N(C)CCN(C)C)cc1. The maximum Gasteiger partial charge on any atom is 0.321 e. The number of carbonyl (C=O) groups is 1. The van der Waals surface area contributed by atoms with Crippen molar-refractivity contribution >= 4 is 11.7 Å². The van der Waals surface area contributed by atoms with Crippen LogP contribution in [-0.2, 0) is 0 Å². The molecule has 0 heterocycles. The third-order valence-corrected chi connectivity index (χ3v) is 3.06. The Morgan fingerprint density at radius 3 is 2.16 bits per heavy atom. The molecule has 0 fully saturated rings. The van der Waals surface area contributed by atoms with Gasteiger partial charge in [0.05, 0.1) is 0 Å². The summed E-state index contributed by atoms with van der Waals surface area (Å²) in [5.41, 5.74) is 2.12. The summed E-state index contributed by atoms with van der Waals surface area (Å²) in [6.45, 7) is 5.88. The first-order chi connectivity index (χ1) is 8.90. The average molecular weight is 263 g/mol. The second kappa shape index (κ2) is 7.14. The van der Waals surface area contributed by atoms with Gasteiger partial charge in [-0.3, -0.25) is 0 Å². The second-order valence-corrected chi connectivity index (χ2v) is 5.43. The Hall–Kier alpha value is -1.55. The van der Waals surface area contributed by atoms with Gasteiger partial charge in [-0.05, 0) is 37.7 Å². The van der Waals surface area contributed by atoms with Crippen LogP contribution in [0.2, 0.25) is 0 Å². The molecule has 1 aromatic carbocycles. The maximum absolute atomic E-state index is 11.9. The Labute approximate surface area is 116 Å². The molecule has 0 unspecified atom stereocenters. The lowest BCUT2D eigenvalue weighted by Gasteiger charge is -2.20. The molecule has 1 aromatic rings. The number of benzene rings is 1. The molecule has 0 spiro atoms. The van der Waals surface area contributed by atoms with Gasteiger partial charge in [0.15, 0.2) is 0 Å². The highest BCUT2D eigenvalue weighted by Gasteiger charge is 2.08. The smallest absolute Gasteiger partial charge is 0.321 e. The lowest BCUT2D eigenvalue weighted by Crippen LogP contribution is -2.36. The predicted molar refractivity (Wildman–Crippen MR) is 80.7 cm³/mol. The van der Waals surface area contributed by atoms with Crippen molar-refractivity contribution in [3.63, 3.8) is 0 Å². The molecule has 2 amide bonds. The van der Waals surface area contributed by atoms with Crippen LogP contribution >= 0.6 is 0 Å². The molecule has 4 nitrogen and oxygen atoms in total. The van der Waals surface area contributed by atoms with Gasteiger partial charge in [0.25, 0.3) is 0 Å². The number of nitrogens with zero attached hydrogens (tertiary/aromatic N) is 2. The highest BCUT2D eigenvalue weighted by Crippen LogP contribution is 2.17. The summed E-state index contributed by atoms with van der Waals surface area (Å²) in [5.74, 6) is 0.507. The number of urea groups is 1. The fourth-order valence-corrected chi connectivity index (χ4v) is 1.62. The number of carbonyl (C=O) groups excluding carboxylic acids is 1. The summed E-state index contributed by atoms with van der Waals surface area (Å²) < 4.78 is 0. The Balaban J connectivity index is 2.51. The molecule has 0 aliphatic rings. The first kappa shape index (κ1) is 15.5. The molecular weight excluding hydrogens is 238 g/mol. The summed E-state index contributed by atoms with van der Waals surface area (Å²) in [5, 5.41) is 2.90. The van der Waals surface area contributed by atoms with Crippen molar-refractivity contribution in [2.75, 3.05) is 39.5 Å². The van der Waals surface area contributed by atoms with Crippen LogP contribution in [0.1, 0.15) is 25.3 Å². The number of likely N-dealkylation sites (N-methyl/N-ethyl adjacent to an activating group) is 2. The van der Waals surface area contributed by atoms with Gasteiger partial charge in [0.2, 0.25) is 0 Å². The van der Waals surface area contributed by atoms with Gasteiger partial charge in [-0.25, -0.2) is 4.79 Å². The van der Waals surface area contributed by atoms with Crippen LogP contribution in [0.25, 0.3) is 0 Å². The molecule has 0 radical (unpaired) electrons. The minimum Gasteiger partial charge on any atom is -0.326 e. The zero-order valence-corrected chi connectivity index (χ0v) is 12.6. The van der Waals surface area contributed by atoms with E-state index in [2.05, 4.69) is 36.2 Å². The molecular formula is C15H25N3O. The Bertz CT molecular complexity index is 398. The number of rotatable bonds is 5. The fraction of sp³-hybridized carbons (Fsp3) is 0.533. The lowest BCUT2D eigenvalue weighted by molar-refractivity contribution is 0.217. The van der Waals surface area contributed by atoms with Crippen molar-refractivity contribution in [2.24, 2.45) is 0 Å². The van der Waals surface area contributed by atoms with E-state index in [-0.39, 0.29) is 6.03 Å². The van der Waals surface area contributed by atoms with Crippen LogP contribution < -0.4 is 5.32 Å². The zero-order chi connectivity index (χ0) is 14.4. The lowest BCUT2D eigenvalue weighted by atomic mass is 10.0. The average Bonchev–Trinajstić information content (AvgIpc) is 2.36. The topological polar surface area (TPSA) is 35.6 Å². The Morgan fingerprint density at radius 2 is 1.68 bits per heavy atom. The quantitative estimate of drug-likeness (QED) is 0.886. The molecule has 0 saturated carbocycles. The van der Waals surface area contributed by atoms with E-state index in [1.807, 2.05) is 26.2 Å². The maximum atomic E-state index is 11.9. The van der Waals surface area contributed by atoms with Crippen molar-refractivity contribution in [3.05, 3.63) is 29.8 Å². The van der Waals surface area contributed by atoms with E-state index in [1.54, 1.807) is 11.9 Å². The monoisotopic (exact) mass is 263 g/mol. The van der Waals surface area contributed by atoms with E-state index in [1.165, 1.54) is 5.56 Å². The highest BCUT2D eigenvalue weighted by atomic mass is 16.2. The van der Waals surface area contributed by atoms with Gasteiger partial charge in [-0.1, -0.05) is 26.0 Å². The minimum atomic E-state index is -0.0702. The van der Waals surface area contributed by atoms with Gasteiger partial charge < -0.3 is 15.1 Å². The molecule has 0 aliphatic carbocycles. The van der Waals surface area contributed by atoms with Crippen LogP contribution in [0.3, 0.4) is 0 Å². The van der Waals surface area contributed by atoms with Crippen LogP contribution in [0, 0.1) is 0 Å². The van der Waals surface area contributed by atoms with Crippen LogP contribution in [0.5, 0.6) is 0 Å². The summed E-state index contributed by atoms with van der Waals surface area (Å²) in [7, 11) is 5.80. The number of amides is 2.